The number of carbonyl (C=O) groups excluding carboxylic acids is 1. The van der Waals surface area contributed by atoms with Crippen molar-refractivity contribution in [2.24, 2.45) is 0 Å². The highest BCUT2D eigenvalue weighted by molar-refractivity contribution is 6.32. The van der Waals surface area contributed by atoms with Crippen LogP contribution >= 0.6 is 11.6 Å². The molecule has 0 radical (unpaired) electrons. The number of benzene rings is 4. The van der Waals surface area contributed by atoms with Gasteiger partial charge in [-0.1, -0.05) is 60.1 Å². The van der Waals surface area contributed by atoms with Crippen LogP contribution in [0.15, 0.2) is 84.4 Å². The van der Waals surface area contributed by atoms with Crippen molar-refractivity contribution >= 4 is 34.4 Å². The lowest BCUT2D eigenvalue weighted by Gasteiger charge is -2.15. The Kier molecular flexibility index (Phi) is 8.86. The Morgan fingerprint density at radius 2 is 1.71 bits per heavy atom. The lowest BCUT2D eigenvalue weighted by Crippen LogP contribution is -2.23. The minimum absolute atomic E-state index is 0.0538. The van der Waals surface area contributed by atoms with Crippen LogP contribution in [0, 0.1) is 11.3 Å². The Labute approximate surface area is 227 Å². The van der Waals surface area contributed by atoms with Crippen LogP contribution in [0.2, 0.25) is 5.02 Å². The number of nitriles is 1. The number of rotatable bonds is 10. The molecule has 38 heavy (non-hydrogen) atoms. The van der Waals surface area contributed by atoms with Crippen LogP contribution in [0.5, 0.6) is 17.2 Å². The predicted molar refractivity (Wildman–Crippen MR) is 149 cm³/mol. The molecule has 4 aromatic carbocycles. The molecule has 0 bridgehead atoms. The summed E-state index contributed by atoms with van der Waals surface area (Å²) in [6, 6.07) is 26.9. The molecule has 0 unspecified atom stereocenters. The zero-order valence-electron chi connectivity index (χ0n) is 21.2. The molecular formula is C31H27ClN2O4. The third-order valence-corrected chi connectivity index (χ3v) is 6.10. The van der Waals surface area contributed by atoms with E-state index in [1.165, 1.54) is 6.08 Å². The zero-order chi connectivity index (χ0) is 26.9. The summed E-state index contributed by atoms with van der Waals surface area (Å²) in [5.74, 6) is 1.07. The third kappa shape index (κ3) is 6.64. The summed E-state index contributed by atoms with van der Waals surface area (Å²) in [5, 5.41) is 15.0. The molecule has 0 atom stereocenters. The highest BCUT2D eigenvalue weighted by atomic mass is 35.5. The molecule has 0 fully saturated rings. The molecule has 1 N–H and O–H groups in total. The van der Waals surface area contributed by atoms with Gasteiger partial charge in [-0.2, -0.15) is 5.26 Å². The number of methoxy groups -OCH3 is 1. The minimum atomic E-state index is -0.492. The van der Waals surface area contributed by atoms with E-state index in [9.17, 15) is 10.1 Å². The summed E-state index contributed by atoms with van der Waals surface area (Å²) >= 11 is 6.58. The number of fused-ring (bicyclic) bond motifs is 1. The third-order valence-electron chi connectivity index (χ3n) is 5.82. The summed E-state index contributed by atoms with van der Waals surface area (Å²) in [4.78, 5) is 12.7. The molecule has 1 amide bonds. The first-order valence-corrected chi connectivity index (χ1v) is 12.5. The highest BCUT2D eigenvalue weighted by Crippen LogP contribution is 2.38. The molecule has 0 aliphatic carbocycles. The van der Waals surface area contributed by atoms with Crippen molar-refractivity contribution < 1.29 is 19.0 Å². The average molecular weight is 527 g/mol. The van der Waals surface area contributed by atoms with E-state index in [2.05, 4.69) is 29.6 Å². The van der Waals surface area contributed by atoms with E-state index in [4.69, 9.17) is 25.8 Å². The number of amides is 1. The first-order chi connectivity index (χ1) is 18.5. The first kappa shape index (κ1) is 26.6. The van der Waals surface area contributed by atoms with Gasteiger partial charge in [0.2, 0.25) is 0 Å². The maximum Gasteiger partial charge on any atom is 0.262 e. The Hall–Kier alpha value is -4.47. The van der Waals surface area contributed by atoms with Gasteiger partial charge in [0.15, 0.2) is 11.5 Å². The monoisotopic (exact) mass is 526 g/mol. The van der Waals surface area contributed by atoms with E-state index in [1.807, 2.05) is 55.5 Å². The van der Waals surface area contributed by atoms with E-state index in [0.717, 1.165) is 27.6 Å². The maximum atomic E-state index is 12.7. The second-order valence-electron chi connectivity index (χ2n) is 8.43. The summed E-state index contributed by atoms with van der Waals surface area (Å²) < 4.78 is 17.0. The standard InChI is InChI=1S/C31H27ClN2O4/c1-3-37-29-17-23(15-26(18-33)31(35)34-19-21-9-12-27(36-2)13-10-21)16-28(32)30(29)38-20-22-8-11-24-6-4-5-7-25(24)14-22/h4-17H,3,19-20H2,1-2H3,(H,34,35)/b26-15-. The number of halogens is 1. The SMILES string of the molecule is CCOc1cc(/C=C(/C#N)C(=O)NCc2ccc(OC)cc2)cc(Cl)c1OCc1ccc2ccccc2c1. The van der Waals surface area contributed by atoms with Gasteiger partial charge < -0.3 is 19.5 Å². The summed E-state index contributed by atoms with van der Waals surface area (Å²) in [6.45, 7) is 2.82. The summed E-state index contributed by atoms with van der Waals surface area (Å²) in [6.07, 6.45) is 1.48. The van der Waals surface area contributed by atoms with Gasteiger partial charge >= 0.3 is 0 Å². The average Bonchev–Trinajstić information content (AvgIpc) is 2.94. The number of hydrogen-bond donors (Lipinski definition) is 1. The minimum Gasteiger partial charge on any atom is -0.497 e. The number of carbonyl (C=O) groups is 1. The van der Waals surface area contributed by atoms with Gasteiger partial charge in [-0.3, -0.25) is 4.79 Å². The lowest BCUT2D eigenvalue weighted by atomic mass is 10.1. The fourth-order valence-corrected chi connectivity index (χ4v) is 4.17. The molecule has 0 spiro atoms. The lowest BCUT2D eigenvalue weighted by molar-refractivity contribution is -0.117. The van der Waals surface area contributed by atoms with E-state index in [-0.39, 0.29) is 12.1 Å². The van der Waals surface area contributed by atoms with Crippen molar-refractivity contribution in [3.05, 3.63) is 106 Å². The van der Waals surface area contributed by atoms with Crippen molar-refractivity contribution in [1.29, 1.82) is 5.26 Å². The van der Waals surface area contributed by atoms with E-state index < -0.39 is 5.91 Å². The van der Waals surface area contributed by atoms with Gasteiger partial charge in [0, 0.05) is 6.54 Å². The van der Waals surface area contributed by atoms with Gasteiger partial charge in [-0.25, -0.2) is 0 Å². The second-order valence-corrected chi connectivity index (χ2v) is 8.84. The fraction of sp³-hybridized carbons (Fsp3) is 0.161. The maximum absolute atomic E-state index is 12.7. The van der Waals surface area contributed by atoms with Crippen LogP contribution in [0.1, 0.15) is 23.6 Å². The molecule has 0 heterocycles. The molecule has 0 saturated heterocycles. The predicted octanol–water partition coefficient (Wildman–Crippen LogP) is 6.70. The van der Waals surface area contributed by atoms with Crippen molar-refractivity contribution in [2.75, 3.05) is 13.7 Å². The normalized spacial score (nSPS) is 11.1. The quantitative estimate of drug-likeness (QED) is 0.184. The Morgan fingerprint density at radius 1 is 0.974 bits per heavy atom. The molecule has 4 aromatic rings. The van der Waals surface area contributed by atoms with Gasteiger partial charge in [0.05, 0.1) is 18.7 Å². The Bertz CT molecular complexity index is 1510. The van der Waals surface area contributed by atoms with Crippen LogP contribution in [0.4, 0.5) is 0 Å². The van der Waals surface area contributed by atoms with Crippen molar-refractivity contribution in [3.63, 3.8) is 0 Å². The molecule has 0 aliphatic heterocycles. The van der Waals surface area contributed by atoms with Gasteiger partial charge in [-0.05, 0) is 70.8 Å². The molecule has 192 valence electrons. The molecule has 7 heteroatoms. The zero-order valence-corrected chi connectivity index (χ0v) is 21.9. The fourth-order valence-electron chi connectivity index (χ4n) is 3.89. The molecule has 0 aliphatic rings. The second kappa shape index (κ2) is 12.7. The Balaban J connectivity index is 1.50. The highest BCUT2D eigenvalue weighted by Gasteiger charge is 2.15. The van der Waals surface area contributed by atoms with Crippen molar-refractivity contribution in [2.45, 2.75) is 20.1 Å². The molecule has 0 aromatic heterocycles. The number of nitrogens with one attached hydrogen (secondary N) is 1. The molecule has 0 saturated carbocycles. The van der Waals surface area contributed by atoms with Gasteiger partial charge in [-0.15, -0.1) is 0 Å². The number of nitrogens with zero attached hydrogens (tertiary/aromatic N) is 1. The van der Waals surface area contributed by atoms with Crippen molar-refractivity contribution in [3.8, 4) is 23.3 Å². The molecular weight excluding hydrogens is 500 g/mol. The summed E-state index contributed by atoms with van der Waals surface area (Å²) in [5.41, 5.74) is 2.37. The first-order valence-electron chi connectivity index (χ1n) is 12.1. The van der Waals surface area contributed by atoms with Crippen LogP contribution in [0.25, 0.3) is 16.8 Å². The van der Waals surface area contributed by atoms with Gasteiger partial charge in [0.1, 0.15) is 24.0 Å². The largest absolute Gasteiger partial charge is 0.497 e. The van der Waals surface area contributed by atoms with E-state index >= 15 is 0 Å². The smallest absolute Gasteiger partial charge is 0.262 e. The van der Waals surface area contributed by atoms with Crippen LogP contribution in [0.3, 0.4) is 0 Å². The Morgan fingerprint density at radius 3 is 2.42 bits per heavy atom. The number of ether oxygens (including phenoxy) is 3. The van der Waals surface area contributed by atoms with Crippen LogP contribution in [-0.4, -0.2) is 19.6 Å². The van der Waals surface area contributed by atoms with Crippen LogP contribution in [-0.2, 0) is 17.9 Å². The topological polar surface area (TPSA) is 80.6 Å². The molecule has 6 nitrogen and oxygen atoms in total. The van der Waals surface area contributed by atoms with E-state index in [1.54, 1.807) is 19.2 Å². The van der Waals surface area contributed by atoms with Crippen molar-refractivity contribution in [1.82, 2.24) is 5.32 Å². The number of hydrogen-bond acceptors (Lipinski definition) is 5. The van der Waals surface area contributed by atoms with Crippen LogP contribution < -0.4 is 19.5 Å². The van der Waals surface area contributed by atoms with Gasteiger partial charge in [0.25, 0.3) is 5.91 Å². The summed E-state index contributed by atoms with van der Waals surface area (Å²) in [7, 11) is 1.59. The molecule has 4 rings (SSSR count). The van der Waals surface area contributed by atoms with E-state index in [0.29, 0.717) is 35.3 Å².